The van der Waals surface area contributed by atoms with Crippen molar-refractivity contribution < 1.29 is 13.2 Å². The van der Waals surface area contributed by atoms with E-state index in [1.807, 2.05) is 42.5 Å². The lowest BCUT2D eigenvalue weighted by molar-refractivity contribution is -0.133. The van der Waals surface area contributed by atoms with Crippen LogP contribution in [-0.4, -0.2) is 37.6 Å². The van der Waals surface area contributed by atoms with Crippen LogP contribution in [0.25, 0.3) is 10.8 Å². The summed E-state index contributed by atoms with van der Waals surface area (Å²) < 4.78 is 25.3. The molecule has 1 aliphatic rings. The molecule has 4 nitrogen and oxygen atoms in total. The van der Waals surface area contributed by atoms with Gasteiger partial charge in [-0.15, -0.1) is 0 Å². The van der Waals surface area contributed by atoms with E-state index in [9.17, 15) is 13.2 Å². The molecule has 0 N–H and O–H groups in total. The van der Waals surface area contributed by atoms with Crippen molar-refractivity contribution in [2.24, 2.45) is 0 Å². The molecule has 0 atom stereocenters. The van der Waals surface area contributed by atoms with Crippen LogP contribution >= 0.6 is 11.6 Å². The number of rotatable bonds is 4. The van der Waals surface area contributed by atoms with E-state index < -0.39 is 15.1 Å². The van der Waals surface area contributed by atoms with Gasteiger partial charge < -0.3 is 4.90 Å². The van der Waals surface area contributed by atoms with Gasteiger partial charge in [0, 0.05) is 18.1 Å². The Morgan fingerprint density at radius 2 is 1.63 bits per heavy atom. The molecule has 0 bridgehead atoms. The standard InChI is InChI=1S/C21H18ClNO3S/c22-17-8-10-18(11-9-17)27(25,26)19-13-23(14-19)21(24)12-16-6-3-5-15-4-1-2-7-20(15)16/h1-11,19H,12-14H2. The first-order valence-electron chi connectivity index (χ1n) is 8.69. The second-order valence-electron chi connectivity index (χ2n) is 6.73. The summed E-state index contributed by atoms with van der Waals surface area (Å²) in [5.41, 5.74) is 0.960. The molecule has 27 heavy (non-hydrogen) atoms. The van der Waals surface area contributed by atoms with E-state index in [0.717, 1.165) is 16.3 Å². The molecule has 1 aliphatic heterocycles. The molecule has 0 radical (unpaired) electrons. The summed E-state index contributed by atoms with van der Waals surface area (Å²) >= 11 is 5.82. The molecule has 0 saturated carbocycles. The zero-order valence-electron chi connectivity index (χ0n) is 14.5. The quantitative estimate of drug-likeness (QED) is 0.671. The van der Waals surface area contributed by atoms with Crippen LogP contribution in [0.1, 0.15) is 5.56 Å². The summed E-state index contributed by atoms with van der Waals surface area (Å²) in [5, 5.41) is 2.08. The molecule has 1 amide bonds. The molecule has 1 fully saturated rings. The first-order chi connectivity index (χ1) is 12.9. The number of amides is 1. The molecule has 0 aromatic heterocycles. The molecule has 3 aromatic carbocycles. The van der Waals surface area contributed by atoms with E-state index in [-0.39, 0.29) is 30.3 Å². The Morgan fingerprint density at radius 3 is 2.37 bits per heavy atom. The smallest absolute Gasteiger partial charge is 0.227 e. The van der Waals surface area contributed by atoms with Gasteiger partial charge in [-0.3, -0.25) is 4.79 Å². The molecule has 1 saturated heterocycles. The van der Waals surface area contributed by atoms with E-state index in [0.29, 0.717) is 5.02 Å². The zero-order chi connectivity index (χ0) is 19.0. The predicted octanol–water partition coefficient (Wildman–Crippen LogP) is 3.72. The van der Waals surface area contributed by atoms with Crippen molar-refractivity contribution in [2.45, 2.75) is 16.6 Å². The molecule has 0 spiro atoms. The number of hydrogen-bond donors (Lipinski definition) is 0. The van der Waals surface area contributed by atoms with Crippen LogP contribution in [0.3, 0.4) is 0 Å². The first-order valence-corrected chi connectivity index (χ1v) is 10.6. The van der Waals surface area contributed by atoms with Gasteiger partial charge in [0.1, 0.15) is 5.25 Å². The SMILES string of the molecule is O=C(Cc1cccc2ccccc12)N1CC(S(=O)(=O)c2ccc(Cl)cc2)C1. The molecule has 4 rings (SSSR count). The Hall–Kier alpha value is -2.37. The van der Waals surface area contributed by atoms with E-state index in [1.165, 1.54) is 12.1 Å². The monoisotopic (exact) mass is 399 g/mol. The number of halogens is 1. The van der Waals surface area contributed by atoms with Crippen LogP contribution in [0.5, 0.6) is 0 Å². The van der Waals surface area contributed by atoms with Gasteiger partial charge >= 0.3 is 0 Å². The summed E-state index contributed by atoms with van der Waals surface area (Å²) in [7, 11) is -3.45. The van der Waals surface area contributed by atoms with E-state index in [2.05, 4.69) is 0 Å². The Morgan fingerprint density at radius 1 is 0.963 bits per heavy atom. The fourth-order valence-corrected chi connectivity index (χ4v) is 5.15. The number of fused-ring (bicyclic) bond motifs is 1. The normalized spacial score (nSPS) is 14.9. The topological polar surface area (TPSA) is 54.5 Å². The van der Waals surface area contributed by atoms with E-state index >= 15 is 0 Å². The van der Waals surface area contributed by atoms with Crippen LogP contribution in [-0.2, 0) is 21.1 Å². The van der Waals surface area contributed by atoms with E-state index in [1.54, 1.807) is 17.0 Å². The molecule has 0 unspecified atom stereocenters. The number of benzene rings is 3. The summed E-state index contributed by atoms with van der Waals surface area (Å²) in [4.78, 5) is 14.5. The molecule has 6 heteroatoms. The van der Waals surface area contributed by atoms with Gasteiger partial charge in [-0.05, 0) is 40.6 Å². The second kappa shape index (κ2) is 6.98. The zero-order valence-corrected chi connectivity index (χ0v) is 16.1. The highest BCUT2D eigenvalue weighted by molar-refractivity contribution is 7.92. The predicted molar refractivity (Wildman–Crippen MR) is 107 cm³/mol. The average molecular weight is 400 g/mol. The van der Waals surface area contributed by atoms with Crippen LogP contribution in [0, 0.1) is 0 Å². The van der Waals surface area contributed by atoms with Gasteiger partial charge in [-0.1, -0.05) is 54.1 Å². The minimum atomic E-state index is -3.45. The average Bonchev–Trinajstić information content (AvgIpc) is 2.61. The Labute approximate surface area is 163 Å². The van der Waals surface area contributed by atoms with Crippen LogP contribution in [0.15, 0.2) is 71.6 Å². The maximum Gasteiger partial charge on any atom is 0.227 e. The lowest BCUT2D eigenvalue weighted by atomic mass is 10.0. The maximum absolute atomic E-state index is 12.6. The van der Waals surface area contributed by atoms with Crippen molar-refractivity contribution in [1.82, 2.24) is 4.90 Å². The van der Waals surface area contributed by atoms with Crippen molar-refractivity contribution in [3.8, 4) is 0 Å². The molecular weight excluding hydrogens is 382 g/mol. The summed E-state index contributed by atoms with van der Waals surface area (Å²) in [5.74, 6) is -0.0473. The molecule has 0 aliphatic carbocycles. The lowest BCUT2D eigenvalue weighted by Gasteiger charge is -2.38. The van der Waals surface area contributed by atoms with Gasteiger partial charge in [-0.25, -0.2) is 8.42 Å². The Balaban J connectivity index is 1.45. The number of carbonyl (C=O) groups excluding carboxylic acids is 1. The third-order valence-electron chi connectivity index (χ3n) is 5.00. The van der Waals surface area contributed by atoms with Gasteiger partial charge in [-0.2, -0.15) is 0 Å². The molecule has 138 valence electrons. The lowest BCUT2D eigenvalue weighted by Crippen LogP contribution is -2.57. The summed E-state index contributed by atoms with van der Waals surface area (Å²) in [6, 6.07) is 20.0. The van der Waals surface area contributed by atoms with Crippen LogP contribution in [0.2, 0.25) is 5.02 Å². The highest BCUT2D eigenvalue weighted by atomic mass is 35.5. The van der Waals surface area contributed by atoms with Crippen molar-refractivity contribution in [2.75, 3.05) is 13.1 Å². The number of nitrogens with zero attached hydrogens (tertiary/aromatic N) is 1. The van der Waals surface area contributed by atoms with Crippen molar-refractivity contribution in [3.63, 3.8) is 0 Å². The van der Waals surface area contributed by atoms with Gasteiger partial charge in [0.15, 0.2) is 9.84 Å². The molecule has 1 heterocycles. The minimum absolute atomic E-state index is 0.0473. The number of sulfone groups is 1. The van der Waals surface area contributed by atoms with Crippen LogP contribution < -0.4 is 0 Å². The second-order valence-corrected chi connectivity index (χ2v) is 9.40. The number of hydrogen-bond acceptors (Lipinski definition) is 3. The largest absolute Gasteiger partial charge is 0.340 e. The van der Waals surface area contributed by atoms with Crippen LogP contribution in [0.4, 0.5) is 0 Å². The first kappa shape index (κ1) is 18.0. The van der Waals surface area contributed by atoms with Gasteiger partial charge in [0.05, 0.1) is 11.3 Å². The van der Waals surface area contributed by atoms with Crippen molar-refractivity contribution in [3.05, 3.63) is 77.3 Å². The maximum atomic E-state index is 12.6. The third kappa shape index (κ3) is 3.45. The molecular formula is C21H18ClNO3S. The van der Waals surface area contributed by atoms with Crippen molar-refractivity contribution in [1.29, 1.82) is 0 Å². The molecule has 3 aromatic rings. The van der Waals surface area contributed by atoms with Gasteiger partial charge in [0.2, 0.25) is 5.91 Å². The number of likely N-dealkylation sites (tertiary alicyclic amines) is 1. The Kier molecular flexibility index (Phi) is 4.66. The Bertz CT molecular complexity index is 1100. The van der Waals surface area contributed by atoms with Crippen molar-refractivity contribution >= 4 is 38.1 Å². The summed E-state index contributed by atoms with van der Waals surface area (Å²) in [6.07, 6.45) is 0.273. The third-order valence-corrected chi connectivity index (χ3v) is 7.36. The summed E-state index contributed by atoms with van der Waals surface area (Å²) in [6.45, 7) is 0.461. The van der Waals surface area contributed by atoms with Gasteiger partial charge in [0.25, 0.3) is 0 Å². The highest BCUT2D eigenvalue weighted by Gasteiger charge is 2.40. The minimum Gasteiger partial charge on any atom is -0.340 e. The highest BCUT2D eigenvalue weighted by Crippen LogP contribution is 2.26. The van der Waals surface area contributed by atoms with E-state index in [4.69, 9.17) is 11.6 Å². The fourth-order valence-electron chi connectivity index (χ4n) is 3.38. The fraction of sp³-hybridized carbons (Fsp3) is 0.190. The number of carbonyl (C=O) groups is 1.